The molecule has 0 amide bonds. The van der Waals surface area contributed by atoms with Crippen LogP contribution in [0.5, 0.6) is 0 Å². The Balaban J connectivity index is 1.61. The molecule has 5 rings (SSSR count). The summed E-state index contributed by atoms with van der Waals surface area (Å²) in [6.07, 6.45) is 11.4. The van der Waals surface area contributed by atoms with E-state index in [0.717, 1.165) is 23.1 Å². The third-order valence-electron chi connectivity index (χ3n) is 5.87. The van der Waals surface area contributed by atoms with E-state index < -0.39 is 0 Å². The molecular weight excluding hydrogens is 324 g/mol. The second-order valence-corrected chi connectivity index (χ2v) is 8.58. The summed E-state index contributed by atoms with van der Waals surface area (Å²) in [5, 5.41) is 4.27. The van der Waals surface area contributed by atoms with Crippen molar-refractivity contribution in [3.63, 3.8) is 0 Å². The Morgan fingerprint density at radius 3 is 2.52 bits per heavy atom. The summed E-state index contributed by atoms with van der Waals surface area (Å²) in [5.74, 6) is 0. The van der Waals surface area contributed by atoms with Crippen LogP contribution in [0, 0.1) is 5.41 Å². The van der Waals surface area contributed by atoms with Gasteiger partial charge in [0.1, 0.15) is 5.69 Å². The molecule has 2 heterocycles. The fourth-order valence-electron chi connectivity index (χ4n) is 4.11. The average molecular weight is 347 g/mol. The number of thioether (sulfide) groups is 1. The third kappa shape index (κ3) is 2.61. The van der Waals surface area contributed by atoms with Gasteiger partial charge in [0.05, 0.1) is 10.7 Å². The second-order valence-electron chi connectivity index (χ2n) is 6.95. The smallest absolute Gasteiger partial charge is 0.187 e. The topological polar surface area (TPSA) is 64.7 Å². The van der Waals surface area contributed by atoms with Gasteiger partial charge in [-0.05, 0) is 62.8 Å². The van der Waals surface area contributed by atoms with E-state index in [-0.39, 0.29) is 0 Å². The van der Waals surface area contributed by atoms with E-state index in [0.29, 0.717) is 10.8 Å². The number of hydrogen-bond donors (Lipinski definition) is 1. The van der Waals surface area contributed by atoms with E-state index in [1.54, 1.807) is 11.8 Å². The van der Waals surface area contributed by atoms with Crippen LogP contribution in [-0.4, -0.2) is 27.8 Å². The van der Waals surface area contributed by atoms with Crippen molar-refractivity contribution in [3.05, 3.63) is 22.7 Å². The Bertz CT molecular complexity index is 688. The molecule has 0 aliphatic heterocycles. The van der Waals surface area contributed by atoms with Crippen LogP contribution in [0.15, 0.2) is 22.8 Å². The fraction of sp³-hybridized carbons (Fsp3) is 0.588. The van der Waals surface area contributed by atoms with Crippen molar-refractivity contribution in [1.29, 1.82) is 0 Å². The molecule has 3 aliphatic rings. The molecule has 3 aliphatic carbocycles. The largest absolute Gasteiger partial charge is 0.330 e. The number of fused-ring (bicyclic) bond motifs is 3. The third-order valence-corrected chi connectivity index (χ3v) is 7.52. The first-order chi connectivity index (χ1) is 11.2. The first-order valence-electron chi connectivity index (χ1n) is 8.22. The minimum Gasteiger partial charge on any atom is -0.330 e. The maximum atomic E-state index is 6.03. The molecule has 3 saturated carbocycles. The van der Waals surface area contributed by atoms with Gasteiger partial charge in [0.25, 0.3) is 0 Å². The molecule has 0 aromatic carbocycles. The lowest BCUT2D eigenvalue weighted by atomic mass is 9.54. The van der Waals surface area contributed by atoms with Crippen LogP contribution in [0.2, 0.25) is 0 Å². The fourth-order valence-corrected chi connectivity index (χ4v) is 5.57. The summed E-state index contributed by atoms with van der Waals surface area (Å²) in [6.45, 7) is 0.852. The summed E-state index contributed by atoms with van der Waals surface area (Å²) in [7, 11) is 0. The molecule has 0 spiro atoms. The first kappa shape index (κ1) is 15.5. The Morgan fingerprint density at radius 2 is 1.87 bits per heavy atom. The molecule has 6 heteroatoms. The average Bonchev–Trinajstić information content (AvgIpc) is 3.14. The highest BCUT2D eigenvalue weighted by molar-refractivity contribution is 7.98. The summed E-state index contributed by atoms with van der Waals surface area (Å²) in [6, 6.07) is 1.96. The zero-order valence-corrected chi connectivity index (χ0v) is 15.1. The maximum Gasteiger partial charge on any atom is 0.187 e. The monoisotopic (exact) mass is 346 g/mol. The molecule has 0 radical (unpaired) electrons. The SMILES string of the molecule is CSc1nccc(-c2csc(C34CCC(CN)(CC3)CC4)n2)n1. The minimum absolute atomic E-state index is 0.301. The van der Waals surface area contributed by atoms with Gasteiger partial charge in [-0.3, -0.25) is 0 Å². The van der Waals surface area contributed by atoms with Crippen LogP contribution < -0.4 is 5.73 Å². The molecule has 0 atom stereocenters. The minimum atomic E-state index is 0.301. The Morgan fingerprint density at radius 1 is 1.13 bits per heavy atom. The van der Waals surface area contributed by atoms with Crippen LogP contribution >= 0.6 is 23.1 Å². The predicted molar refractivity (Wildman–Crippen MR) is 95.8 cm³/mol. The van der Waals surface area contributed by atoms with Gasteiger partial charge in [-0.25, -0.2) is 15.0 Å². The quantitative estimate of drug-likeness (QED) is 0.672. The number of nitrogens with two attached hydrogens (primary N) is 1. The lowest BCUT2D eigenvalue weighted by Crippen LogP contribution is -2.47. The molecule has 0 saturated heterocycles. The Labute approximate surface area is 145 Å². The van der Waals surface area contributed by atoms with E-state index in [1.165, 1.54) is 43.5 Å². The number of thiazole rings is 1. The van der Waals surface area contributed by atoms with Crippen molar-refractivity contribution in [2.75, 3.05) is 12.8 Å². The van der Waals surface area contributed by atoms with Crippen LogP contribution in [0.3, 0.4) is 0 Å². The highest BCUT2D eigenvalue weighted by atomic mass is 32.2. The molecule has 2 N–H and O–H groups in total. The molecule has 122 valence electrons. The molecule has 2 bridgehead atoms. The molecule has 2 aromatic rings. The van der Waals surface area contributed by atoms with E-state index in [9.17, 15) is 0 Å². The van der Waals surface area contributed by atoms with Gasteiger partial charge in [-0.2, -0.15) is 0 Å². The molecule has 4 nitrogen and oxygen atoms in total. The molecule has 0 unspecified atom stereocenters. The van der Waals surface area contributed by atoms with Crippen molar-refractivity contribution >= 4 is 23.1 Å². The van der Waals surface area contributed by atoms with Gasteiger partial charge < -0.3 is 5.73 Å². The molecule has 3 fully saturated rings. The lowest BCUT2D eigenvalue weighted by Gasteiger charge is -2.52. The summed E-state index contributed by atoms with van der Waals surface area (Å²) >= 11 is 3.38. The number of rotatable bonds is 4. The normalized spacial score (nSPS) is 29.8. The molecule has 23 heavy (non-hydrogen) atoms. The molecular formula is C17H22N4S2. The van der Waals surface area contributed by atoms with Crippen LogP contribution in [-0.2, 0) is 5.41 Å². The van der Waals surface area contributed by atoms with Gasteiger partial charge in [0, 0.05) is 17.0 Å². The van der Waals surface area contributed by atoms with E-state index in [1.807, 2.05) is 29.9 Å². The van der Waals surface area contributed by atoms with Crippen LogP contribution in [0.4, 0.5) is 0 Å². The number of aromatic nitrogens is 3. The Kier molecular flexibility index (Phi) is 3.94. The standard InChI is InChI=1S/C17H22N4S2/c1-22-15-19-9-2-12(21-15)13-10-23-14(20-13)17-6-3-16(11-18,4-7-17)5-8-17/h2,9-10H,3-8,11,18H2,1H3. The second kappa shape index (κ2) is 5.83. The van der Waals surface area contributed by atoms with Crippen LogP contribution in [0.1, 0.15) is 43.5 Å². The summed E-state index contributed by atoms with van der Waals surface area (Å²) in [4.78, 5) is 13.8. The predicted octanol–water partition coefficient (Wildman–Crippen LogP) is 3.87. The number of hydrogen-bond acceptors (Lipinski definition) is 6. The highest BCUT2D eigenvalue weighted by Gasteiger charge is 2.50. The first-order valence-corrected chi connectivity index (χ1v) is 10.3. The Hall–Kier alpha value is -0.980. The van der Waals surface area contributed by atoms with E-state index in [4.69, 9.17) is 10.7 Å². The van der Waals surface area contributed by atoms with Gasteiger partial charge >= 0.3 is 0 Å². The van der Waals surface area contributed by atoms with E-state index >= 15 is 0 Å². The van der Waals surface area contributed by atoms with Gasteiger partial charge in [-0.1, -0.05) is 11.8 Å². The van der Waals surface area contributed by atoms with Crippen molar-refractivity contribution in [1.82, 2.24) is 15.0 Å². The van der Waals surface area contributed by atoms with Crippen molar-refractivity contribution in [2.45, 2.75) is 49.1 Å². The highest BCUT2D eigenvalue weighted by Crippen LogP contribution is 2.57. The lowest BCUT2D eigenvalue weighted by molar-refractivity contribution is 0.0471. The van der Waals surface area contributed by atoms with Gasteiger partial charge in [-0.15, -0.1) is 11.3 Å². The van der Waals surface area contributed by atoms with E-state index in [2.05, 4.69) is 15.3 Å². The zero-order valence-electron chi connectivity index (χ0n) is 13.4. The van der Waals surface area contributed by atoms with Crippen molar-refractivity contribution in [3.8, 4) is 11.4 Å². The van der Waals surface area contributed by atoms with Crippen molar-refractivity contribution < 1.29 is 0 Å². The van der Waals surface area contributed by atoms with Crippen molar-refractivity contribution in [2.24, 2.45) is 11.1 Å². The number of nitrogens with zero attached hydrogens (tertiary/aromatic N) is 3. The summed E-state index contributed by atoms with van der Waals surface area (Å²) < 4.78 is 0. The summed E-state index contributed by atoms with van der Waals surface area (Å²) in [5.41, 5.74) is 8.70. The van der Waals surface area contributed by atoms with Gasteiger partial charge in [0.15, 0.2) is 5.16 Å². The zero-order chi connectivity index (χ0) is 15.9. The van der Waals surface area contributed by atoms with Gasteiger partial charge in [0.2, 0.25) is 0 Å². The molecule has 2 aromatic heterocycles. The van der Waals surface area contributed by atoms with Crippen LogP contribution in [0.25, 0.3) is 11.4 Å². The maximum absolute atomic E-state index is 6.03.